The molecule has 1 aromatic rings. The molecular formula is C14H24N2O3S. The van der Waals surface area contributed by atoms with Crippen molar-refractivity contribution >= 4 is 15.7 Å². The number of hydrogen-bond acceptors (Lipinski definition) is 4. The van der Waals surface area contributed by atoms with Gasteiger partial charge in [-0.3, -0.25) is 4.72 Å². The first-order valence-corrected chi connectivity index (χ1v) is 8.37. The van der Waals surface area contributed by atoms with E-state index in [0.717, 1.165) is 5.75 Å². The third-order valence-corrected chi connectivity index (χ3v) is 4.52. The third-order valence-electron chi connectivity index (χ3n) is 2.77. The van der Waals surface area contributed by atoms with Crippen LogP contribution in [0.15, 0.2) is 24.3 Å². The van der Waals surface area contributed by atoms with E-state index in [4.69, 9.17) is 4.74 Å². The Morgan fingerprint density at radius 2 is 1.75 bits per heavy atom. The first-order chi connectivity index (χ1) is 9.35. The minimum absolute atomic E-state index is 0.262. The summed E-state index contributed by atoms with van der Waals surface area (Å²) in [6, 6.07) is 7.16. The largest absolute Gasteiger partial charge is 0.494 e. The normalized spacial score (nSPS) is 13.2. The number of sulfonamides is 1. The standard InChI is InChI=1S/C14H24N2O3S/c1-5-19-14-8-6-13(7-9-14)16-20(17,18)12(4)10-15-11(2)3/h6-9,11-12,15-16H,5,10H2,1-4H3. The van der Waals surface area contributed by atoms with Gasteiger partial charge in [-0.1, -0.05) is 13.8 Å². The maximum atomic E-state index is 12.1. The fourth-order valence-corrected chi connectivity index (χ4v) is 2.54. The van der Waals surface area contributed by atoms with Crippen LogP contribution in [-0.4, -0.2) is 32.9 Å². The van der Waals surface area contributed by atoms with Gasteiger partial charge in [-0.25, -0.2) is 8.42 Å². The molecule has 1 unspecified atom stereocenters. The highest BCUT2D eigenvalue weighted by molar-refractivity contribution is 7.93. The first kappa shape index (κ1) is 16.8. The Morgan fingerprint density at radius 3 is 2.25 bits per heavy atom. The summed E-state index contributed by atoms with van der Waals surface area (Å²) in [5, 5.41) is 2.62. The molecule has 0 aliphatic carbocycles. The average molecular weight is 300 g/mol. The molecule has 0 spiro atoms. The summed E-state index contributed by atoms with van der Waals surface area (Å²) in [5.41, 5.74) is 0.546. The molecular weight excluding hydrogens is 276 g/mol. The van der Waals surface area contributed by atoms with Crippen molar-refractivity contribution in [2.45, 2.75) is 39.0 Å². The van der Waals surface area contributed by atoms with Gasteiger partial charge in [0, 0.05) is 18.3 Å². The number of benzene rings is 1. The minimum atomic E-state index is -3.39. The molecule has 0 bridgehead atoms. The second-order valence-corrected chi connectivity index (χ2v) is 7.08. The molecule has 0 amide bonds. The molecule has 0 radical (unpaired) electrons. The SMILES string of the molecule is CCOc1ccc(NS(=O)(=O)C(C)CNC(C)C)cc1. The van der Waals surface area contributed by atoms with Crippen LogP contribution in [0.4, 0.5) is 5.69 Å². The van der Waals surface area contributed by atoms with Crippen molar-refractivity contribution in [1.82, 2.24) is 5.32 Å². The van der Waals surface area contributed by atoms with Crippen molar-refractivity contribution in [3.63, 3.8) is 0 Å². The number of hydrogen-bond donors (Lipinski definition) is 2. The van der Waals surface area contributed by atoms with E-state index >= 15 is 0 Å². The zero-order chi connectivity index (χ0) is 15.2. The lowest BCUT2D eigenvalue weighted by Crippen LogP contribution is -2.37. The van der Waals surface area contributed by atoms with Crippen molar-refractivity contribution < 1.29 is 13.2 Å². The number of nitrogens with one attached hydrogen (secondary N) is 2. The van der Waals surface area contributed by atoms with Gasteiger partial charge in [0.15, 0.2) is 0 Å². The molecule has 0 heterocycles. The number of rotatable bonds is 8. The molecule has 0 saturated carbocycles. The van der Waals surface area contributed by atoms with Gasteiger partial charge in [0.25, 0.3) is 0 Å². The van der Waals surface area contributed by atoms with Crippen LogP contribution in [0.3, 0.4) is 0 Å². The molecule has 0 fully saturated rings. The van der Waals surface area contributed by atoms with Crippen molar-refractivity contribution in [2.24, 2.45) is 0 Å². The van der Waals surface area contributed by atoms with Crippen LogP contribution >= 0.6 is 0 Å². The zero-order valence-electron chi connectivity index (χ0n) is 12.5. The van der Waals surface area contributed by atoms with E-state index < -0.39 is 15.3 Å². The van der Waals surface area contributed by atoms with E-state index in [0.29, 0.717) is 18.8 Å². The van der Waals surface area contributed by atoms with Crippen LogP contribution in [0.2, 0.25) is 0 Å². The van der Waals surface area contributed by atoms with E-state index in [-0.39, 0.29) is 6.04 Å². The van der Waals surface area contributed by atoms with Gasteiger partial charge in [0.05, 0.1) is 11.9 Å². The minimum Gasteiger partial charge on any atom is -0.494 e. The Bertz CT molecular complexity index is 498. The van der Waals surface area contributed by atoms with Crippen LogP contribution < -0.4 is 14.8 Å². The van der Waals surface area contributed by atoms with E-state index in [9.17, 15) is 8.42 Å². The fourth-order valence-electron chi connectivity index (χ4n) is 1.56. The van der Waals surface area contributed by atoms with Gasteiger partial charge in [0.1, 0.15) is 5.75 Å². The second kappa shape index (κ2) is 7.50. The summed E-state index contributed by atoms with van der Waals surface area (Å²) in [6.07, 6.45) is 0. The second-order valence-electron chi connectivity index (χ2n) is 4.98. The van der Waals surface area contributed by atoms with Gasteiger partial charge in [-0.05, 0) is 38.1 Å². The summed E-state index contributed by atoms with van der Waals surface area (Å²) in [7, 11) is -3.39. The van der Waals surface area contributed by atoms with Crippen molar-refractivity contribution in [1.29, 1.82) is 0 Å². The molecule has 0 aliphatic rings. The van der Waals surface area contributed by atoms with Gasteiger partial charge < -0.3 is 10.1 Å². The van der Waals surface area contributed by atoms with Crippen LogP contribution in [0, 0.1) is 0 Å². The summed E-state index contributed by atoms with van der Waals surface area (Å²) < 4.78 is 32.2. The van der Waals surface area contributed by atoms with Crippen LogP contribution in [0.25, 0.3) is 0 Å². The van der Waals surface area contributed by atoms with Crippen LogP contribution in [0.1, 0.15) is 27.7 Å². The van der Waals surface area contributed by atoms with E-state index in [1.807, 2.05) is 20.8 Å². The van der Waals surface area contributed by atoms with Crippen LogP contribution in [0.5, 0.6) is 5.75 Å². The molecule has 6 heteroatoms. The van der Waals surface area contributed by atoms with E-state index in [2.05, 4.69) is 10.0 Å². The van der Waals surface area contributed by atoms with Crippen LogP contribution in [-0.2, 0) is 10.0 Å². The third kappa shape index (κ3) is 5.38. The highest BCUT2D eigenvalue weighted by Gasteiger charge is 2.20. The first-order valence-electron chi connectivity index (χ1n) is 6.83. The highest BCUT2D eigenvalue weighted by Crippen LogP contribution is 2.17. The number of anilines is 1. The van der Waals surface area contributed by atoms with Gasteiger partial charge in [0.2, 0.25) is 10.0 Å². The smallest absolute Gasteiger partial charge is 0.236 e. The fraction of sp³-hybridized carbons (Fsp3) is 0.571. The summed E-state index contributed by atoms with van der Waals surface area (Å²) in [5.74, 6) is 0.727. The lowest BCUT2D eigenvalue weighted by atomic mass is 10.3. The summed E-state index contributed by atoms with van der Waals surface area (Å²) in [4.78, 5) is 0. The van der Waals surface area contributed by atoms with E-state index in [1.54, 1.807) is 31.2 Å². The lowest BCUT2D eigenvalue weighted by Gasteiger charge is -2.17. The Morgan fingerprint density at radius 1 is 1.15 bits per heavy atom. The van der Waals surface area contributed by atoms with Gasteiger partial charge >= 0.3 is 0 Å². The average Bonchev–Trinajstić information content (AvgIpc) is 2.38. The molecule has 20 heavy (non-hydrogen) atoms. The highest BCUT2D eigenvalue weighted by atomic mass is 32.2. The molecule has 0 aliphatic heterocycles. The molecule has 114 valence electrons. The maximum absolute atomic E-state index is 12.1. The van der Waals surface area contributed by atoms with Crippen molar-refractivity contribution in [3.8, 4) is 5.75 Å². The molecule has 1 atom stereocenters. The molecule has 0 aromatic heterocycles. The molecule has 1 aromatic carbocycles. The Labute approximate surface area is 121 Å². The van der Waals surface area contributed by atoms with Gasteiger partial charge in [-0.2, -0.15) is 0 Å². The Kier molecular flexibility index (Phi) is 6.29. The molecule has 5 nitrogen and oxygen atoms in total. The maximum Gasteiger partial charge on any atom is 0.236 e. The van der Waals surface area contributed by atoms with Crippen molar-refractivity contribution in [2.75, 3.05) is 17.9 Å². The predicted molar refractivity (Wildman–Crippen MR) is 82.8 cm³/mol. The number of ether oxygens (including phenoxy) is 1. The molecule has 2 N–H and O–H groups in total. The van der Waals surface area contributed by atoms with Crippen molar-refractivity contribution in [3.05, 3.63) is 24.3 Å². The Balaban J connectivity index is 2.65. The van der Waals surface area contributed by atoms with E-state index in [1.165, 1.54) is 0 Å². The summed E-state index contributed by atoms with van der Waals surface area (Å²) >= 11 is 0. The molecule has 1 rings (SSSR count). The van der Waals surface area contributed by atoms with Gasteiger partial charge in [-0.15, -0.1) is 0 Å². The quantitative estimate of drug-likeness (QED) is 0.772. The molecule has 0 saturated heterocycles. The topological polar surface area (TPSA) is 67.4 Å². The Hall–Kier alpha value is -1.27. The monoisotopic (exact) mass is 300 g/mol. The zero-order valence-corrected chi connectivity index (χ0v) is 13.3. The predicted octanol–water partition coefficient (Wildman–Crippen LogP) is 2.21. The summed E-state index contributed by atoms with van der Waals surface area (Å²) in [6.45, 7) is 8.57. The lowest BCUT2D eigenvalue weighted by molar-refractivity contribution is 0.340.